The van der Waals surface area contributed by atoms with E-state index in [-0.39, 0.29) is 5.91 Å². The molecule has 5 nitrogen and oxygen atoms in total. The fourth-order valence-electron chi connectivity index (χ4n) is 3.58. The Bertz CT molecular complexity index is 933. The predicted octanol–water partition coefficient (Wildman–Crippen LogP) is 5.34. The summed E-state index contributed by atoms with van der Waals surface area (Å²) in [6.45, 7) is 7.83. The number of fused-ring (bicyclic) bond motifs is 1. The van der Waals surface area contributed by atoms with E-state index in [1.54, 1.807) is 7.11 Å². The quantitative estimate of drug-likeness (QED) is 0.359. The van der Waals surface area contributed by atoms with Gasteiger partial charge in [0.2, 0.25) is 5.88 Å². The molecule has 29 heavy (non-hydrogen) atoms. The zero-order chi connectivity index (χ0) is 21.1. The Labute approximate surface area is 190 Å². The van der Waals surface area contributed by atoms with E-state index >= 15 is 0 Å². The summed E-state index contributed by atoms with van der Waals surface area (Å²) in [5.74, 6) is 1.10. The van der Waals surface area contributed by atoms with Gasteiger partial charge in [-0.3, -0.25) is 4.79 Å². The standard InChI is InChI=1S/C22H26ClIN2O3/c1-5-6-9-29-21-16(13(2)10-14(3)25-21)12-26-8-7-15-11-17(24)20(28-4)19(23)18(15)22(26)27/h10-11H,5-9,12H2,1-4H3. The van der Waals surface area contributed by atoms with E-state index in [2.05, 4.69) is 34.5 Å². The number of amides is 1. The molecular weight excluding hydrogens is 503 g/mol. The minimum Gasteiger partial charge on any atom is -0.494 e. The van der Waals surface area contributed by atoms with Gasteiger partial charge in [-0.1, -0.05) is 24.9 Å². The van der Waals surface area contributed by atoms with Crippen LogP contribution in [0, 0.1) is 17.4 Å². The first-order chi connectivity index (χ1) is 13.9. The van der Waals surface area contributed by atoms with Crippen LogP contribution < -0.4 is 9.47 Å². The fraction of sp³-hybridized carbons (Fsp3) is 0.455. The van der Waals surface area contributed by atoms with E-state index in [0.717, 1.165) is 45.2 Å². The van der Waals surface area contributed by atoms with Crippen LogP contribution in [0.1, 0.15) is 52.5 Å². The van der Waals surface area contributed by atoms with Crippen LogP contribution in [0.5, 0.6) is 11.6 Å². The minimum absolute atomic E-state index is 0.0783. The van der Waals surface area contributed by atoms with Gasteiger partial charge in [0.15, 0.2) is 5.75 Å². The molecule has 0 N–H and O–H groups in total. The summed E-state index contributed by atoms with van der Waals surface area (Å²) in [6.07, 6.45) is 2.78. The normalized spacial score (nSPS) is 13.4. The number of aryl methyl sites for hydroxylation is 2. The van der Waals surface area contributed by atoms with Gasteiger partial charge in [-0.15, -0.1) is 0 Å². The maximum Gasteiger partial charge on any atom is 0.256 e. The first kappa shape index (κ1) is 22.2. The predicted molar refractivity (Wildman–Crippen MR) is 123 cm³/mol. The van der Waals surface area contributed by atoms with Crippen molar-refractivity contribution >= 4 is 40.1 Å². The van der Waals surface area contributed by atoms with Crippen molar-refractivity contribution in [2.24, 2.45) is 0 Å². The molecule has 3 rings (SSSR count). The fourth-order valence-corrected chi connectivity index (χ4v) is 4.98. The number of aromatic nitrogens is 1. The lowest BCUT2D eigenvalue weighted by Crippen LogP contribution is -2.37. The highest BCUT2D eigenvalue weighted by Gasteiger charge is 2.30. The molecule has 0 fully saturated rings. The first-order valence-corrected chi connectivity index (χ1v) is 11.3. The van der Waals surface area contributed by atoms with Crippen LogP contribution >= 0.6 is 34.2 Å². The van der Waals surface area contributed by atoms with Crippen LogP contribution in [0.4, 0.5) is 0 Å². The molecule has 0 unspecified atom stereocenters. The SMILES string of the molecule is CCCCOc1nc(C)cc(C)c1CN1CCc2cc(I)c(OC)c(Cl)c2C1=O. The number of unbranched alkanes of at least 4 members (excludes halogenated alkanes) is 1. The summed E-state index contributed by atoms with van der Waals surface area (Å²) in [5, 5.41) is 0.391. The smallest absolute Gasteiger partial charge is 0.256 e. The van der Waals surface area contributed by atoms with Crippen molar-refractivity contribution in [2.75, 3.05) is 20.3 Å². The molecule has 1 aliphatic heterocycles. The zero-order valence-corrected chi connectivity index (χ0v) is 20.2. The van der Waals surface area contributed by atoms with Crippen LogP contribution in [-0.2, 0) is 13.0 Å². The topological polar surface area (TPSA) is 51.7 Å². The van der Waals surface area contributed by atoms with Crippen LogP contribution in [0.3, 0.4) is 0 Å². The largest absolute Gasteiger partial charge is 0.494 e. The Kier molecular flexibility index (Phi) is 7.27. The number of carbonyl (C=O) groups excluding carboxylic acids is 1. The molecule has 2 aromatic rings. The second-order valence-electron chi connectivity index (χ2n) is 7.28. The Hall–Kier alpha value is -1.54. The van der Waals surface area contributed by atoms with Crippen molar-refractivity contribution in [1.29, 1.82) is 0 Å². The molecule has 0 bridgehead atoms. The molecule has 0 saturated heterocycles. The lowest BCUT2D eigenvalue weighted by Gasteiger charge is -2.31. The Morgan fingerprint density at radius 3 is 2.76 bits per heavy atom. The maximum absolute atomic E-state index is 13.3. The summed E-state index contributed by atoms with van der Waals surface area (Å²) in [4.78, 5) is 19.7. The summed E-state index contributed by atoms with van der Waals surface area (Å²) < 4.78 is 12.3. The molecular formula is C22H26ClIN2O3. The third-order valence-corrected chi connectivity index (χ3v) is 6.30. The van der Waals surface area contributed by atoms with Gasteiger partial charge in [0.25, 0.3) is 5.91 Å². The molecule has 0 spiro atoms. The second-order valence-corrected chi connectivity index (χ2v) is 8.82. The number of rotatable bonds is 7. The van der Waals surface area contributed by atoms with Gasteiger partial charge in [-0.25, -0.2) is 4.98 Å². The molecule has 1 aromatic carbocycles. The van der Waals surface area contributed by atoms with E-state index < -0.39 is 0 Å². The lowest BCUT2D eigenvalue weighted by atomic mass is 9.97. The molecule has 1 amide bonds. The van der Waals surface area contributed by atoms with Gasteiger partial charge in [-0.2, -0.15) is 0 Å². The number of carbonyl (C=O) groups is 1. The van der Waals surface area contributed by atoms with Gasteiger partial charge < -0.3 is 14.4 Å². The summed E-state index contributed by atoms with van der Waals surface area (Å²) in [5.41, 5.74) is 4.46. The summed E-state index contributed by atoms with van der Waals surface area (Å²) in [7, 11) is 1.57. The van der Waals surface area contributed by atoms with Crippen LogP contribution in [0.2, 0.25) is 5.02 Å². The average molecular weight is 529 g/mol. The first-order valence-electron chi connectivity index (χ1n) is 9.81. The van der Waals surface area contributed by atoms with Gasteiger partial charge in [0, 0.05) is 17.8 Å². The molecule has 0 saturated carbocycles. The number of hydrogen-bond acceptors (Lipinski definition) is 4. The third kappa shape index (κ3) is 4.63. The number of benzene rings is 1. The molecule has 0 atom stereocenters. The number of halogens is 2. The molecule has 156 valence electrons. The lowest BCUT2D eigenvalue weighted by molar-refractivity contribution is 0.0724. The molecule has 7 heteroatoms. The monoisotopic (exact) mass is 528 g/mol. The number of ether oxygens (including phenoxy) is 2. The van der Waals surface area contributed by atoms with E-state index in [1.807, 2.05) is 30.9 Å². The zero-order valence-electron chi connectivity index (χ0n) is 17.3. The van der Waals surface area contributed by atoms with Gasteiger partial charge >= 0.3 is 0 Å². The Balaban J connectivity index is 1.92. The minimum atomic E-state index is -0.0783. The van der Waals surface area contributed by atoms with E-state index in [1.165, 1.54) is 0 Å². The van der Waals surface area contributed by atoms with Crippen LogP contribution in [0.15, 0.2) is 12.1 Å². The van der Waals surface area contributed by atoms with Gasteiger partial charge in [-0.05, 0) is 72.5 Å². The second kappa shape index (κ2) is 9.51. The molecule has 1 aromatic heterocycles. The highest BCUT2D eigenvalue weighted by molar-refractivity contribution is 14.1. The van der Waals surface area contributed by atoms with Crippen LogP contribution in [-0.4, -0.2) is 36.1 Å². The molecule has 0 aliphatic carbocycles. The Morgan fingerprint density at radius 1 is 1.31 bits per heavy atom. The highest BCUT2D eigenvalue weighted by atomic mass is 127. The third-order valence-electron chi connectivity index (χ3n) is 5.14. The van der Waals surface area contributed by atoms with Crippen LogP contribution in [0.25, 0.3) is 0 Å². The number of pyridine rings is 1. The Morgan fingerprint density at radius 2 is 2.07 bits per heavy atom. The van der Waals surface area contributed by atoms with Crippen molar-refractivity contribution in [3.8, 4) is 11.6 Å². The van der Waals surface area contributed by atoms with E-state index in [0.29, 0.717) is 41.9 Å². The number of hydrogen-bond donors (Lipinski definition) is 0. The van der Waals surface area contributed by atoms with Gasteiger partial charge in [0.1, 0.15) is 0 Å². The van der Waals surface area contributed by atoms with E-state index in [4.69, 9.17) is 21.1 Å². The van der Waals surface area contributed by atoms with Crippen molar-refractivity contribution < 1.29 is 14.3 Å². The highest BCUT2D eigenvalue weighted by Crippen LogP contribution is 2.38. The molecule has 1 aliphatic rings. The van der Waals surface area contributed by atoms with Crippen molar-refractivity contribution in [3.63, 3.8) is 0 Å². The summed E-state index contributed by atoms with van der Waals surface area (Å²) in [6, 6.07) is 4.02. The van der Waals surface area contributed by atoms with Gasteiger partial charge in [0.05, 0.1) is 34.4 Å². The number of methoxy groups -OCH3 is 1. The van der Waals surface area contributed by atoms with Crippen molar-refractivity contribution in [1.82, 2.24) is 9.88 Å². The average Bonchev–Trinajstić information content (AvgIpc) is 2.66. The number of nitrogens with zero attached hydrogens (tertiary/aromatic N) is 2. The maximum atomic E-state index is 13.3. The summed E-state index contributed by atoms with van der Waals surface area (Å²) >= 11 is 8.74. The molecule has 0 radical (unpaired) electrons. The molecule has 2 heterocycles. The van der Waals surface area contributed by atoms with E-state index in [9.17, 15) is 4.79 Å². The van der Waals surface area contributed by atoms with Crippen molar-refractivity contribution in [3.05, 3.63) is 48.7 Å². The van der Waals surface area contributed by atoms with Crippen molar-refractivity contribution in [2.45, 2.75) is 46.6 Å².